The molecule has 0 spiro atoms. The first kappa shape index (κ1) is 34.3. The van der Waals surface area contributed by atoms with E-state index >= 15 is 0 Å². The van der Waals surface area contributed by atoms with Crippen LogP contribution in [0.3, 0.4) is 0 Å². The van der Waals surface area contributed by atoms with Gasteiger partial charge in [-0.2, -0.15) is 0 Å². The van der Waals surface area contributed by atoms with Gasteiger partial charge in [0.25, 0.3) is 0 Å². The third-order valence-electron chi connectivity index (χ3n) is 11.6. The number of nitrogens with zero attached hydrogens (tertiary/aromatic N) is 4. The standard InChI is InChI=1S/C55H34N4S/c1-2-14-35(15-3-1)38-30-31-47(50(34-38)59-48-25-9-6-20-43(48)44-21-7-10-26-49(44)59)55-57-53(56-54(58-55)41-29-28-36-16-4-5-17-37(36)32-41)40-19-12-18-39(33-40)42-23-13-24-46-45-22-8-11-27-51(45)60-52(42)46/h1-34H. The van der Waals surface area contributed by atoms with Gasteiger partial charge in [-0.05, 0) is 75.5 Å². The average molecular weight is 783 g/mol. The maximum Gasteiger partial charge on any atom is 0.166 e. The predicted octanol–water partition coefficient (Wildman–Crippen LogP) is 14.8. The minimum Gasteiger partial charge on any atom is -0.308 e. The Labute approximate surface area is 350 Å². The number of benzene rings is 9. The minimum atomic E-state index is 0.608. The molecule has 0 saturated heterocycles. The summed E-state index contributed by atoms with van der Waals surface area (Å²) >= 11 is 1.84. The van der Waals surface area contributed by atoms with Gasteiger partial charge in [0.2, 0.25) is 0 Å². The fourth-order valence-corrected chi connectivity index (χ4v) is 10.0. The molecule has 3 aromatic heterocycles. The molecule has 0 fully saturated rings. The molecular formula is C55H34N4S. The second kappa shape index (κ2) is 14.0. The quantitative estimate of drug-likeness (QED) is 0.169. The minimum absolute atomic E-state index is 0.608. The van der Waals surface area contributed by atoms with E-state index in [1.807, 2.05) is 11.3 Å². The summed E-state index contributed by atoms with van der Waals surface area (Å²) in [6, 6.07) is 73.3. The lowest BCUT2D eigenvalue weighted by atomic mass is 10.00. The van der Waals surface area contributed by atoms with E-state index in [0.29, 0.717) is 17.5 Å². The predicted molar refractivity (Wildman–Crippen MR) is 252 cm³/mol. The summed E-state index contributed by atoms with van der Waals surface area (Å²) in [5.41, 5.74) is 10.6. The highest BCUT2D eigenvalue weighted by atomic mass is 32.1. The smallest absolute Gasteiger partial charge is 0.166 e. The molecule has 0 radical (unpaired) electrons. The van der Waals surface area contributed by atoms with Crippen molar-refractivity contribution in [1.82, 2.24) is 19.5 Å². The summed E-state index contributed by atoms with van der Waals surface area (Å²) in [7, 11) is 0. The zero-order valence-electron chi connectivity index (χ0n) is 32.3. The molecule has 0 aliphatic carbocycles. The maximum absolute atomic E-state index is 5.39. The van der Waals surface area contributed by atoms with Gasteiger partial charge in [-0.1, -0.05) is 164 Å². The van der Waals surface area contributed by atoms with Gasteiger partial charge in [0.1, 0.15) is 0 Å². The van der Waals surface area contributed by atoms with Gasteiger partial charge in [-0.25, -0.2) is 15.0 Å². The maximum atomic E-state index is 5.39. The average Bonchev–Trinajstić information content (AvgIpc) is 3.87. The van der Waals surface area contributed by atoms with Crippen LogP contribution < -0.4 is 0 Å². The summed E-state index contributed by atoms with van der Waals surface area (Å²) in [5, 5.41) is 7.26. The van der Waals surface area contributed by atoms with Crippen molar-refractivity contribution in [3.63, 3.8) is 0 Å². The molecule has 0 aliphatic rings. The van der Waals surface area contributed by atoms with Crippen molar-refractivity contribution in [2.45, 2.75) is 0 Å². The van der Waals surface area contributed by atoms with E-state index in [9.17, 15) is 0 Å². The Morgan fingerprint density at radius 2 is 0.917 bits per heavy atom. The van der Waals surface area contributed by atoms with E-state index in [1.54, 1.807) is 0 Å². The third-order valence-corrected chi connectivity index (χ3v) is 12.9. The second-order valence-corrected chi connectivity index (χ2v) is 16.2. The number of thiophene rings is 1. The Morgan fingerprint density at radius 3 is 1.72 bits per heavy atom. The summed E-state index contributed by atoms with van der Waals surface area (Å²) in [6.07, 6.45) is 0. The van der Waals surface area contributed by atoms with Crippen molar-refractivity contribution in [2.75, 3.05) is 0 Å². The van der Waals surface area contributed by atoms with Crippen LogP contribution >= 0.6 is 11.3 Å². The molecule has 12 aromatic rings. The van der Waals surface area contributed by atoms with E-state index in [4.69, 9.17) is 15.0 Å². The molecule has 3 heterocycles. The number of fused-ring (bicyclic) bond motifs is 7. The van der Waals surface area contributed by atoms with Gasteiger partial charge in [0.15, 0.2) is 17.5 Å². The molecule has 0 unspecified atom stereocenters. The van der Waals surface area contributed by atoms with Crippen LogP contribution in [0.4, 0.5) is 0 Å². The Balaban J connectivity index is 1.11. The molecule has 9 aromatic carbocycles. The molecule has 5 heteroatoms. The van der Waals surface area contributed by atoms with Crippen LogP contribution in [0.15, 0.2) is 206 Å². The van der Waals surface area contributed by atoms with Gasteiger partial charge in [0, 0.05) is 47.6 Å². The fraction of sp³-hybridized carbons (Fsp3) is 0. The first-order valence-electron chi connectivity index (χ1n) is 20.2. The fourth-order valence-electron chi connectivity index (χ4n) is 8.78. The highest BCUT2D eigenvalue weighted by Gasteiger charge is 2.21. The molecule has 0 N–H and O–H groups in total. The molecule has 0 atom stereocenters. The first-order chi connectivity index (χ1) is 29.7. The van der Waals surface area contributed by atoms with Crippen molar-refractivity contribution in [3.05, 3.63) is 206 Å². The lowest BCUT2D eigenvalue weighted by Crippen LogP contribution is -2.04. The number of hydrogen-bond donors (Lipinski definition) is 0. The Morgan fingerprint density at radius 1 is 0.333 bits per heavy atom. The van der Waals surface area contributed by atoms with Crippen LogP contribution in [-0.4, -0.2) is 19.5 Å². The number of rotatable bonds is 6. The van der Waals surface area contributed by atoms with Gasteiger partial charge in [-0.3, -0.25) is 0 Å². The summed E-state index contributed by atoms with van der Waals surface area (Å²) in [5.74, 6) is 1.85. The van der Waals surface area contributed by atoms with Crippen LogP contribution in [0.1, 0.15) is 0 Å². The van der Waals surface area contributed by atoms with Crippen LogP contribution in [-0.2, 0) is 0 Å². The van der Waals surface area contributed by atoms with Crippen molar-refractivity contribution < 1.29 is 0 Å². The third kappa shape index (κ3) is 5.70. The van der Waals surface area contributed by atoms with Crippen LogP contribution in [0.5, 0.6) is 0 Å². The number of para-hydroxylation sites is 2. The highest BCUT2D eigenvalue weighted by Crippen LogP contribution is 2.42. The summed E-state index contributed by atoms with van der Waals surface area (Å²) < 4.78 is 4.94. The summed E-state index contributed by atoms with van der Waals surface area (Å²) in [6.45, 7) is 0. The molecule has 60 heavy (non-hydrogen) atoms. The molecule has 0 aliphatic heterocycles. The van der Waals surface area contributed by atoms with Crippen molar-refractivity contribution in [2.24, 2.45) is 0 Å². The normalized spacial score (nSPS) is 11.7. The van der Waals surface area contributed by atoms with Crippen molar-refractivity contribution in [1.29, 1.82) is 0 Å². The van der Waals surface area contributed by atoms with Crippen LogP contribution in [0.25, 0.3) is 115 Å². The summed E-state index contributed by atoms with van der Waals surface area (Å²) in [4.78, 5) is 16.0. The number of hydrogen-bond acceptors (Lipinski definition) is 4. The van der Waals surface area contributed by atoms with E-state index in [-0.39, 0.29) is 0 Å². The molecular weight excluding hydrogens is 749 g/mol. The zero-order valence-corrected chi connectivity index (χ0v) is 33.1. The molecule has 0 amide bonds. The van der Waals surface area contributed by atoms with Gasteiger partial charge in [-0.15, -0.1) is 11.3 Å². The number of aromatic nitrogens is 4. The molecule has 4 nitrogen and oxygen atoms in total. The van der Waals surface area contributed by atoms with Gasteiger partial charge < -0.3 is 4.57 Å². The van der Waals surface area contributed by atoms with Gasteiger partial charge >= 0.3 is 0 Å². The lowest BCUT2D eigenvalue weighted by Gasteiger charge is -2.16. The Hall–Kier alpha value is -7.73. The van der Waals surface area contributed by atoms with E-state index < -0.39 is 0 Å². The Bertz CT molecular complexity index is 3570. The van der Waals surface area contributed by atoms with Crippen molar-refractivity contribution in [3.8, 4) is 62.1 Å². The zero-order chi connectivity index (χ0) is 39.6. The SMILES string of the molecule is c1ccc(-c2ccc(-c3nc(-c4cccc(-c5cccc6c5sc5ccccc56)c4)nc(-c4ccc5ccccc5c4)n3)c(-n3c4ccccc4c4ccccc43)c2)cc1. The second-order valence-electron chi connectivity index (χ2n) is 15.2. The van der Waals surface area contributed by atoms with E-state index in [0.717, 1.165) is 55.5 Å². The highest BCUT2D eigenvalue weighted by molar-refractivity contribution is 7.26. The molecule has 0 bridgehead atoms. The van der Waals surface area contributed by atoms with Crippen LogP contribution in [0.2, 0.25) is 0 Å². The Kier molecular flexibility index (Phi) is 8.00. The van der Waals surface area contributed by atoms with Crippen molar-refractivity contribution >= 4 is 64.1 Å². The molecule has 12 rings (SSSR count). The van der Waals surface area contributed by atoms with E-state index in [2.05, 4.69) is 211 Å². The lowest BCUT2D eigenvalue weighted by molar-refractivity contribution is 1.07. The largest absolute Gasteiger partial charge is 0.308 e. The first-order valence-corrected chi connectivity index (χ1v) is 21.0. The van der Waals surface area contributed by atoms with Crippen LogP contribution in [0, 0.1) is 0 Å². The van der Waals surface area contributed by atoms with Gasteiger partial charge in [0.05, 0.1) is 16.7 Å². The molecule has 0 saturated carbocycles. The monoisotopic (exact) mass is 782 g/mol. The topological polar surface area (TPSA) is 43.6 Å². The molecule has 280 valence electrons. The van der Waals surface area contributed by atoms with E-state index in [1.165, 1.54) is 41.9 Å².